The number of nitrogens with one attached hydrogen (secondary N) is 2. The number of Topliss-reactive ketones (excluding diaryl/α,β-unsaturated/α-hetero) is 1. The number of carbonyl (C=O) groups is 3. The highest BCUT2D eigenvalue weighted by molar-refractivity contribution is 7.17. The fourth-order valence-corrected chi connectivity index (χ4v) is 5.73. The molecule has 0 unspecified atom stereocenters. The molecular weight excluding hydrogens is 438 g/mol. The lowest BCUT2D eigenvalue weighted by Gasteiger charge is -2.25. The van der Waals surface area contributed by atoms with Gasteiger partial charge in [-0.2, -0.15) is 0 Å². The number of aryl methyl sites for hydroxylation is 1. The predicted octanol–water partition coefficient (Wildman–Crippen LogP) is 4.39. The van der Waals surface area contributed by atoms with E-state index in [1.807, 2.05) is 18.4 Å². The first kappa shape index (κ1) is 22.3. The molecule has 3 aliphatic carbocycles. The molecular formula is C24H31N5O3S. The molecule has 0 saturated heterocycles. The average Bonchev–Trinajstić information content (AvgIpc) is 3.71. The van der Waals surface area contributed by atoms with Crippen molar-refractivity contribution in [3.63, 3.8) is 0 Å². The highest BCUT2D eigenvalue weighted by Crippen LogP contribution is 2.44. The van der Waals surface area contributed by atoms with Crippen LogP contribution in [0.15, 0.2) is 6.33 Å². The van der Waals surface area contributed by atoms with Gasteiger partial charge >= 0.3 is 0 Å². The summed E-state index contributed by atoms with van der Waals surface area (Å²) in [5.74, 6) is 1.15. The van der Waals surface area contributed by atoms with Gasteiger partial charge < -0.3 is 5.32 Å². The second-order valence-corrected chi connectivity index (χ2v) is 11.1. The van der Waals surface area contributed by atoms with Crippen LogP contribution in [0, 0.1) is 17.8 Å². The lowest BCUT2D eigenvalue weighted by atomic mass is 9.89. The van der Waals surface area contributed by atoms with Gasteiger partial charge in [-0.15, -0.1) is 21.5 Å². The molecule has 0 spiro atoms. The number of fused-ring (bicyclic) bond motifs is 1. The molecule has 3 aliphatic rings. The molecule has 5 rings (SSSR count). The van der Waals surface area contributed by atoms with Gasteiger partial charge in [0.25, 0.3) is 0 Å². The number of nitrogens with zero attached hydrogens (tertiary/aromatic N) is 3. The summed E-state index contributed by atoms with van der Waals surface area (Å²) in [5, 5.41) is 14.8. The highest BCUT2D eigenvalue weighted by atomic mass is 32.1. The SMILES string of the molecule is CC(C)C(=O)Nc1nncn1[C@H]1CCc2sc(NC(=O)C3CC3)c(C(=O)CCC3CC3)c2C1. The van der Waals surface area contributed by atoms with Crippen LogP contribution in [0.4, 0.5) is 10.9 Å². The van der Waals surface area contributed by atoms with Gasteiger partial charge in [-0.05, 0) is 50.0 Å². The van der Waals surface area contributed by atoms with E-state index in [2.05, 4.69) is 20.8 Å². The van der Waals surface area contributed by atoms with Crippen molar-refractivity contribution >= 4 is 39.9 Å². The second-order valence-electron chi connectivity index (χ2n) is 9.98. The molecule has 2 aromatic heterocycles. The first-order chi connectivity index (χ1) is 15.9. The van der Waals surface area contributed by atoms with E-state index in [4.69, 9.17) is 0 Å². The zero-order chi connectivity index (χ0) is 23.1. The van der Waals surface area contributed by atoms with Crippen LogP contribution in [0.3, 0.4) is 0 Å². The summed E-state index contributed by atoms with van der Waals surface area (Å²) in [4.78, 5) is 39.3. The number of anilines is 2. The summed E-state index contributed by atoms with van der Waals surface area (Å²) in [7, 11) is 0. The maximum atomic E-state index is 13.3. The summed E-state index contributed by atoms with van der Waals surface area (Å²) in [6, 6.07) is 0.0477. The molecule has 2 aromatic rings. The lowest BCUT2D eigenvalue weighted by molar-refractivity contribution is -0.119. The number of hydrogen-bond donors (Lipinski definition) is 2. The minimum Gasteiger partial charge on any atom is -0.317 e. The molecule has 9 heteroatoms. The Morgan fingerprint density at radius 1 is 1.15 bits per heavy atom. The first-order valence-corrected chi connectivity index (χ1v) is 12.9. The molecule has 0 aliphatic heterocycles. The molecule has 1 atom stereocenters. The van der Waals surface area contributed by atoms with Crippen molar-refractivity contribution in [1.82, 2.24) is 14.8 Å². The van der Waals surface area contributed by atoms with Crippen molar-refractivity contribution in [3.05, 3.63) is 22.3 Å². The van der Waals surface area contributed by atoms with Crippen LogP contribution >= 0.6 is 11.3 Å². The van der Waals surface area contributed by atoms with Crippen molar-refractivity contribution in [3.8, 4) is 0 Å². The number of hydrogen-bond acceptors (Lipinski definition) is 6. The molecule has 0 aromatic carbocycles. The topological polar surface area (TPSA) is 106 Å². The molecule has 33 heavy (non-hydrogen) atoms. The fourth-order valence-electron chi connectivity index (χ4n) is 4.47. The Balaban J connectivity index is 1.40. The Labute approximate surface area is 197 Å². The van der Waals surface area contributed by atoms with Crippen molar-refractivity contribution in [2.45, 2.75) is 77.7 Å². The summed E-state index contributed by atoms with van der Waals surface area (Å²) in [6.45, 7) is 3.68. The Kier molecular flexibility index (Phi) is 6.07. The number of thiophene rings is 1. The standard InChI is InChI=1S/C24H31N5O3S/c1-13(2)21(31)27-24-28-25-12-29(24)16-8-10-19-17(11-16)20(18(30)9-5-14-3-4-14)23(33-19)26-22(32)15-6-7-15/h12-16H,3-11H2,1-2H3,(H,26,32)(H,27,28,31)/t16-/m0/s1. The second kappa shape index (κ2) is 9.00. The molecule has 0 bridgehead atoms. The van der Waals surface area contributed by atoms with Crippen molar-refractivity contribution in [1.29, 1.82) is 0 Å². The largest absolute Gasteiger partial charge is 0.317 e. The Morgan fingerprint density at radius 3 is 2.64 bits per heavy atom. The Bertz CT molecular complexity index is 1080. The maximum absolute atomic E-state index is 13.3. The van der Waals surface area contributed by atoms with E-state index in [9.17, 15) is 14.4 Å². The van der Waals surface area contributed by atoms with E-state index >= 15 is 0 Å². The minimum absolute atomic E-state index is 0.0406. The van der Waals surface area contributed by atoms with Gasteiger partial charge in [-0.25, -0.2) is 0 Å². The van der Waals surface area contributed by atoms with Gasteiger partial charge in [0.1, 0.15) is 11.3 Å². The van der Waals surface area contributed by atoms with Gasteiger partial charge in [0.05, 0.1) is 5.56 Å². The van der Waals surface area contributed by atoms with E-state index in [-0.39, 0.29) is 35.5 Å². The van der Waals surface area contributed by atoms with Gasteiger partial charge in [0.2, 0.25) is 17.8 Å². The third kappa shape index (κ3) is 4.88. The quantitative estimate of drug-likeness (QED) is 0.530. The summed E-state index contributed by atoms with van der Waals surface area (Å²) >= 11 is 1.57. The molecule has 2 heterocycles. The van der Waals surface area contributed by atoms with Crippen molar-refractivity contribution < 1.29 is 14.4 Å². The molecule has 2 fully saturated rings. The monoisotopic (exact) mass is 469 g/mol. The smallest absolute Gasteiger partial charge is 0.231 e. The number of ketones is 1. The van der Waals surface area contributed by atoms with E-state index < -0.39 is 0 Å². The number of aromatic nitrogens is 3. The van der Waals surface area contributed by atoms with E-state index in [0.29, 0.717) is 24.7 Å². The normalized spacial score (nSPS) is 19.9. The first-order valence-electron chi connectivity index (χ1n) is 12.1. The van der Waals surface area contributed by atoms with Gasteiger partial charge in [-0.3, -0.25) is 24.3 Å². The molecule has 0 radical (unpaired) electrons. The summed E-state index contributed by atoms with van der Waals surface area (Å²) in [5.41, 5.74) is 1.77. The zero-order valence-electron chi connectivity index (χ0n) is 19.2. The van der Waals surface area contributed by atoms with E-state index in [1.54, 1.807) is 17.7 Å². The molecule has 2 saturated carbocycles. The highest BCUT2D eigenvalue weighted by Gasteiger charge is 2.35. The molecule has 8 nitrogen and oxygen atoms in total. The molecule has 2 amide bonds. The maximum Gasteiger partial charge on any atom is 0.231 e. The van der Waals surface area contributed by atoms with E-state index in [1.165, 1.54) is 17.7 Å². The Morgan fingerprint density at radius 2 is 1.94 bits per heavy atom. The van der Waals surface area contributed by atoms with Gasteiger partial charge in [0, 0.05) is 29.2 Å². The average molecular weight is 470 g/mol. The number of amides is 2. The molecule has 2 N–H and O–H groups in total. The van der Waals surface area contributed by atoms with Crippen molar-refractivity contribution in [2.24, 2.45) is 17.8 Å². The lowest BCUT2D eigenvalue weighted by Crippen LogP contribution is -2.24. The number of carbonyl (C=O) groups excluding carboxylic acids is 3. The van der Waals surface area contributed by atoms with Crippen LogP contribution in [0.2, 0.25) is 0 Å². The zero-order valence-corrected chi connectivity index (χ0v) is 20.0. The third-order valence-electron chi connectivity index (χ3n) is 6.90. The van der Waals surface area contributed by atoms with Crippen LogP contribution in [0.25, 0.3) is 0 Å². The summed E-state index contributed by atoms with van der Waals surface area (Å²) in [6.07, 6.45) is 9.78. The van der Waals surface area contributed by atoms with Gasteiger partial charge in [-0.1, -0.05) is 26.7 Å². The van der Waals surface area contributed by atoms with Crippen LogP contribution in [0.1, 0.15) is 85.6 Å². The third-order valence-corrected chi connectivity index (χ3v) is 8.11. The summed E-state index contributed by atoms with van der Waals surface area (Å²) < 4.78 is 1.92. The Hall–Kier alpha value is -2.55. The number of rotatable bonds is 9. The van der Waals surface area contributed by atoms with Crippen LogP contribution in [-0.4, -0.2) is 32.4 Å². The molecule has 176 valence electrons. The van der Waals surface area contributed by atoms with Crippen LogP contribution in [-0.2, 0) is 22.4 Å². The van der Waals surface area contributed by atoms with E-state index in [0.717, 1.165) is 48.2 Å². The fraction of sp³-hybridized carbons (Fsp3) is 0.625. The van der Waals surface area contributed by atoms with Gasteiger partial charge in [0.15, 0.2) is 5.78 Å². The van der Waals surface area contributed by atoms with Crippen LogP contribution in [0.5, 0.6) is 0 Å². The predicted molar refractivity (Wildman–Crippen MR) is 127 cm³/mol. The minimum atomic E-state index is -0.154. The van der Waals surface area contributed by atoms with Crippen molar-refractivity contribution in [2.75, 3.05) is 10.6 Å². The van der Waals surface area contributed by atoms with Crippen LogP contribution < -0.4 is 10.6 Å².